The molecule has 22 nitrogen and oxygen atoms in total. The first kappa shape index (κ1) is 71.9. The van der Waals surface area contributed by atoms with Crippen molar-refractivity contribution < 1.29 is 92.9 Å². The molecule has 0 radical (unpaired) electrons. The molecule has 1 aromatic carbocycles. The summed E-state index contributed by atoms with van der Waals surface area (Å²) < 4.78 is 11.6. The van der Waals surface area contributed by atoms with Crippen molar-refractivity contribution in [3.05, 3.63) is 216 Å². The molecule has 0 spiro atoms. The SMILES string of the molecule is Cc1ccnc(-c2cc(C)ccn2)c1.N#C[S-].N#C[S-].O=C(O)c1ccnc(-c2cc(C(=O)O)ccn2)c1.O=C(O)c1ccnc(-c2cc(C(=O)O)ccn2)c1.O=P(O)(O)c1cc(-c2ccccn2)[c-]c(-c2ccccn2)c1.[N-]=C=S.[Ru+2].[Ru+2]. The quantitative estimate of drug-likeness (QED) is 0.0141. The first-order valence-corrected chi connectivity index (χ1v) is 25.2. The van der Waals surface area contributed by atoms with Gasteiger partial charge in [0, 0.05) is 61.0 Å². The number of nitriles is 2. The molecule has 0 aliphatic rings. The molecular weight excluding hydrogens is 1320 g/mol. The number of pyridine rings is 8. The number of isothiocyanates is 1. The molecule has 0 unspecified atom stereocenters. The van der Waals surface area contributed by atoms with E-state index in [2.05, 4.69) is 97.3 Å². The largest absolute Gasteiger partial charge is 2.00 e. The second-order valence-corrected chi connectivity index (χ2v) is 17.4. The van der Waals surface area contributed by atoms with Gasteiger partial charge in [-0.3, -0.25) is 44.4 Å². The number of thiocyanates is 2. The number of aromatic nitrogens is 8. The third kappa shape index (κ3) is 25.1. The average Bonchev–Trinajstić information content (AvgIpc) is 3.59. The Morgan fingerprint density at radius 1 is 0.470 bits per heavy atom. The Kier molecular flexibility index (Phi) is 32.7. The maximum absolute atomic E-state index is 11.6. The van der Waals surface area contributed by atoms with Crippen molar-refractivity contribution in [3.63, 3.8) is 0 Å². The van der Waals surface area contributed by atoms with E-state index < -0.39 is 31.5 Å². The fraction of sp³-hybridized carbons (Fsp3) is 0.0364. The Morgan fingerprint density at radius 2 is 0.711 bits per heavy atom. The van der Waals surface area contributed by atoms with E-state index in [1.807, 2.05) is 36.7 Å². The van der Waals surface area contributed by atoms with Crippen molar-refractivity contribution in [2.45, 2.75) is 13.8 Å². The van der Waals surface area contributed by atoms with Crippen molar-refractivity contribution >= 4 is 79.4 Å². The van der Waals surface area contributed by atoms with Crippen LogP contribution in [0.1, 0.15) is 52.6 Å². The van der Waals surface area contributed by atoms with E-state index >= 15 is 0 Å². The Hall–Kier alpha value is -9.08. The standard InChI is InChI=1S/C16H12N2O3P.2C12H8N2O4.C12H12N2.2CHNS.CNS.2Ru/c19-22(20,21)14-10-12(15-5-1-3-7-17-15)9-13(11-14)16-6-2-4-8-18-16;2*15-11(16)7-1-3-13-9(5-7)10-6-8(12(17)18)2-4-14-10;1-9-3-5-13-11(7-9)12-8-10(2)4-6-14-12;3*2-1-3;;/h1-8,10-11H,(H2,19,20,21);2*1-6H,(H,15,16)(H,17,18);3-8H,1-2H3;2*3H;;;/q-1;;;;;;-1;2*+2/p-2. The molecule has 0 saturated heterocycles. The van der Waals surface area contributed by atoms with Crippen molar-refractivity contribution in [2.24, 2.45) is 0 Å². The van der Waals surface area contributed by atoms with E-state index in [-0.39, 0.29) is 66.5 Å². The third-order valence-corrected chi connectivity index (χ3v) is 10.6. The second kappa shape index (κ2) is 37.8. The molecule has 28 heteroatoms. The van der Waals surface area contributed by atoms with Crippen LogP contribution < -0.4 is 5.30 Å². The molecule has 9 aromatic rings. The summed E-state index contributed by atoms with van der Waals surface area (Å²) >= 11 is 11.1. The van der Waals surface area contributed by atoms with E-state index in [4.69, 9.17) is 36.4 Å². The molecule has 0 atom stereocenters. The van der Waals surface area contributed by atoms with Crippen LogP contribution in [0.2, 0.25) is 0 Å². The minimum Gasteiger partial charge on any atom is -0.753 e. The van der Waals surface area contributed by atoms with Gasteiger partial charge in [-0.25, -0.2) is 29.7 Å². The first-order chi connectivity index (χ1) is 38.7. The molecule has 6 N–H and O–H groups in total. The summed E-state index contributed by atoms with van der Waals surface area (Å²) in [7, 11) is -4.39. The van der Waals surface area contributed by atoms with Gasteiger partial charge in [-0.2, -0.15) is 5.16 Å². The van der Waals surface area contributed by atoms with Crippen LogP contribution in [0, 0.1) is 41.2 Å². The van der Waals surface area contributed by atoms with Crippen LogP contribution >= 0.6 is 19.8 Å². The number of aromatic carboxylic acids is 4. The van der Waals surface area contributed by atoms with Crippen LogP contribution in [-0.2, 0) is 68.8 Å². The smallest absolute Gasteiger partial charge is 0.753 e. The summed E-state index contributed by atoms with van der Waals surface area (Å²) in [6, 6.07) is 35.5. The Balaban J connectivity index is 0.000000527. The second-order valence-electron chi connectivity index (χ2n) is 15.3. The van der Waals surface area contributed by atoms with Crippen LogP contribution in [0.15, 0.2) is 171 Å². The first-order valence-electron chi connectivity index (χ1n) is 22.3. The molecule has 8 heterocycles. The number of thiocarbonyl (C=S) groups is 1. The van der Waals surface area contributed by atoms with Gasteiger partial charge in [-0.15, -0.1) is 18.2 Å². The number of nitrogens with zero attached hydrogens (tertiary/aromatic N) is 11. The third-order valence-electron chi connectivity index (χ3n) is 9.72. The van der Waals surface area contributed by atoms with Crippen LogP contribution in [0.4, 0.5) is 0 Å². The molecule has 0 aliphatic heterocycles. The number of carbonyl (C=O) groups is 4. The van der Waals surface area contributed by atoms with E-state index in [0.717, 1.165) is 11.4 Å². The summed E-state index contributed by atoms with van der Waals surface area (Å²) in [5.41, 5.74) is 8.07. The van der Waals surface area contributed by atoms with E-state index in [9.17, 15) is 33.5 Å². The Morgan fingerprint density at radius 3 is 0.928 bits per heavy atom. The van der Waals surface area contributed by atoms with Gasteiger partial charge in [0.05, 0.1) is 56.4 Å². The maximum atomic E-state index is 11.6. The zero-order chi connectivity index (χ0) is 59.9. The number of aryl methyl sites for hydroxylation is 2. The summed E-state index contributed by atoms with van der Waals surface area (Å²) in [5.74, 6) is -4.30. The number of rotatable bonds is 10. The minimum atomic E-state index is -4.39. The van der Waals surface area contributed by atoms with E-state index in [0.29, 0.717) is 45.3 Å². The summed E-state index contributed by atoms with van der Waals surface area (Å²) in [6.45, 7) is 4.11. The fourth-order valence-electron chi connectivity index (χ4n) is 6.21. The predicted molar refractivity (Wildman–Crippen MR) is 305 cm³/mol. The van der Waals surface area contributed by atoms with Gasteiger partial charge >= 0.3 is 70.4 Å². The maximum Gasteiger partial charge on any atom is 2.00 e. The average molecular weight is 1360 g/mol. The zero-order valence-corrected chi connectivity index (χ0v) is 49.5. The minimum absolute atomic E-state index is 0. The molecular formula is C55H40N11O11PRu2S3. The van der Waals surface area contributed by atoms with Crippen LogP contribution in [0.5, 0.6) is 0 Å². The van der Waals surface area contributed by atoms with Gasteiger partial charge in [-0.05, 0) is 115 Å². The van der Waals surface area contributed by atoms with Crippen molar-refractivity contribution in [3.8, 4) is 67.5 Å². The van der Waals surface area contributed by atoms with Crippen molar-refractivity contribution in [2.75, 3.05) is 0 Å². The number of hydrogen-bond donors (Lipinski definition) is 6. The van der Waals surface area contributed by atoms with Crippen LogP contribution in [-0.4, -0.2) is 99.1 Å². The van der Waals surface area contributed by atoms with Gasteiger partial charge in [0.15, 0.2) is 0 Å². The molecule has 0 fully saturated rings. The molecule has 0 amide bonds. The predicted octanol–water partition coefficient (Wildman–Crippen LogP) is 8.94. The van der Waals surface area contributed by atoms with Gasteiger partial charge in [0.1, 0.15) is 0 Å². The normalized spacial score (nSPS) is 9.33. The van der Waals surface area contributed by atoms with Gasteiger partial charge < -0.3 is 60.9 Å². The van der Waals surface area contributed by atoms with Crippen molar-refractivity contribution in [1.29, 1.82) is 10.5 Å². The molecule has 8 aromatic heterocycles. The number of benzene rings is 1. The zero-order valence-electron chi connectivity index (χ0n) is 42.7. The molecule has 0 bridgehead atoms. The molecule has 420 valence electrons. The summed E-state index contributed by atoms with van der Waals surface area (Å²) in [6.07, 6.45) is 12.2. The van der Waals surface area contributed by atoms with Crippen molar-refractivity contribution in [1.82, 2.24) is 39.9 Å². The molecule has 0 saturated carbocycles. The number of carboxylic acid groups (broad SMARTS) is 4. The molecule has 9 rings (SSSR count). The number of carboxylic acids is 4. The van der Waals surface area contributed by atoms with Gasteiger partial charge in [0.25, 0.3) is 0 Å². The van der Waals surface area contributed by atoms with E-state index in [1.165, 1.54) is 113 Å². The topological polar surface area (TPSA) is 380 Å². The Labute approximate surface area is 516 Å². The Bertz CT molecular complexity index is 3450. The van der Waals surface area contributed by atoms with Crippen LogP contribution in [0.25, 0.3) is 62.1 Å². The fourth-order valence-corrected chi connectivity index (χ4v) is 6.80. The summed E-state index contributed by atoms with van der Waals surface area (Å²) in [5, 5.41) is 60.8. The van der Waals surface area contributed by atoms with Crippen LogP contribution in [0.3, 0.4) is 0 Å². The van der Waals surface area contributed by atoms with Gasteiger partial charge in [-0.1, -0.05) is 58.4 Å². The monoisotopic (exact) mass is 1360 g/mol. The van der Waals surface area contributed by atoms with E-state index in [1.54, 1.807) is 48.8 Å². The molecule has 83 heavy (non-hydrogen) atoms. The number of hydrogen-bond acceptors (Lipinski definition) is 18. The van der Waals surface area contributed by atoms with Gasteiger partial charge in [0.2, 0.25) is 0 Å². The molecule has 0 aliphatic carbocycles. The summed E-state index contributed by atoms with van der Waals surface area (Å²) in [4.78, 5) is 95.1.